The van der Waals surface area contributed by atoms with Crippen molar-refractivity contribution in [3.8, 4) is 0 Å². The molecule has 0 bridgehead atoms. The Morgan fingerprint density at radius 2 is 1.67 bits per heavy atom. The predicted octanol–water partition coefficient (Wildman–Crippen LogP) is 1.36. The Morgan fingerprint density at radius 1 is 1.10 bits per heavy atom. The van der Waals surface area contributed by atoms with Gasteiger partial charge < -0.3 is 4.90 Å². The van der Waals surface area contributed by atoms with Gasteiger partial charge in [-0.2, -0.15) is 4.31 Å². The Bertz CT molecular complexity index is 546. The van der Waals surface area contributed by atoms with Crippen LogP contribution in [0.4, 0.5) is 5.95 Å². The summed E-state index contributed by atoms with van der Waals surface area (Å²) in [4.78, 5) is 10.4. The van der Waals surface area contributed by atoms with Gasteiger partial charge in [0, 0.05) is 38.6 Å². The molecular formula is C14H24N4O2S. The number of hydrogen-bond donors (Lipinski definition) is 0. The minimum atomic E-state index is -3.16. The third kappa shape index (κ3) is 4.64. The van der Waals surface area contributed by atoms with Crippen molar-refractivity contribution in [3.63, 3.8) is 0 Å². The second-order valence-electron chi connectivity index (χ2n) is 6.56. The smallest absolute Gasteiger partial charge is 0.225 e. The van der Waals surface area contributed by atoms with Crippen molar-refractivity contribution in [1.29, 1.82) is 0 Å². The molecule has 1 aromatic heterocycles. The zero-order valence-electron chi connectivity index (χ0n) is 13.0. The summed E-state index contributed by atoms with van der Waals surface area (Å²) in [6.07, 6.45) is 4.08. The minimum Gasteiger partial charge on any atom is -0.338 e. The number of nitrogens with zero attached hydrogens (tertiary/aromatic N) is 4. The molecule has 0 saturated carbocycles. The summed E-state index contributed by atoms with van der Waals surface area (Å²) < 4.78 is 26.3. The van der Waals surface area contributed by atoms with Gasteiger partial charge in [0.15, 0.2) is 0 Å². The van der Waals surface area contributed by atoms with Gasteiger partial charge in [-0.1, -0.05) is 20.8 Å². The molecule has 7 heteroatoms. The monoisotopic (exact) mass is 312 g/mol. The largest absolute Gasteiger partial charge is 0.338 e. The maximum absolute atomic E-state index is 12.4. The van der Waals surface area contributed by atoms with Gasteiger partial charge in [0.1, 0.15) is 0 Å². The molecule has 21 heavy (non-hydrogen) atoms. The molecule has 1 aromatic rings. The van der Waals surface area contributed by atoms with Crippen molar-refractivity contribution in [2.75, 3.05) is 36.8 Å². The molecule has 118 valence electrons. The molecule has 6 nitrogen and oxygen atoms in total. The summed E-state index contributed by atoms with van der Waals surface area (Å²) in [6, 6.07) is 1.77. The Kier molecular flexibility index (Phi) is 4.83. The summed E-state index contributed by atoms with van der Waals surface area (Å²) in [5.74, 6) is 0.891. The van der Waals surface area contributed by atoms with Crippen LogP contribution in [0.5, 0.6) is 0 Å². The summed E-state index contributed by atoms with van der Waals surface area (Å²) in [5.41, 5.74) is 0.0345. The first kappa shape index (κ1) is 16.2. The molecule has 0 amide bonds. The average molecular weight is 312 g/mol. The maximum atomic E-state index is 12.4. The molecule has 1 saturated heterocycles. The number of anilines is 1. The summed E-state index contributed by atoms with van der Waals surface area (Å²) in [6.45, 7) is 8.47. The number of aromatic nitrogens is 2. The van der Waals surface area contributed by atoms with Crippen molar-refractivity contribution >= 4 is 16.0 Å². The zero-order valence-corrected chi connectivity index (χ0v) is 13.8. The van der Waals surface area contributed by atoms with Crippen LogP contribution in [-0.4, -0.2) is 54.6 Å². The van der Waals surface area contributed by atoms with Gasteiger partial charge in [0.2, 0.25) is 16.0 Å². The van der Waals surface area contributed by atoms with E-state index in [1.54, 1.807) is 22.8 Å². The molecule has 1 aliphatic heterocycles. The molecule has 0 N–H and O–H groups in total. The summed E-state index contributed by atoms with van der Waals surface area (Å²) in [7, 11) is -3.16. The highest BCUT2D eigenvalue weighted by Crippen LogP contribution is 2.21. The topological polar surface area (TPSA) is 66.4 Å². The third-order valence-electron chi connectivity index (χ3n) is 3.58. The highest BCUT2D eigenvalue weighted by atomic mass is 32.2. The number of rotatable bonds is 4. The first-order chi connectivity index (χ1) is 9.78. The lowest BCUT2D eigenvalue weighted by Crippen LogP contribution is -2.50. The second kappa shape index (κ2) is 6.27. The Hall–Kier alpha value is -1.21. The van der Waals surface area contributed by atoms with E-state index < -0.39 is 10.0 Å². The van der Waals surface area contributed by atoms with E-state index in [0.29, 0.717) is 38.5 Å². The average Bonchev–Trinajstić information content (AvgIpc) is 2.46. The van der Waals surface area contributed by atoms with Crippen LogP contribution in [0.1, 0.15) is 27.2 Å². The molecule has 0 spiro atoms. The van der Waals surface area contributed by atoms with Crippen LogP contribution in [0.2, 0.25) is 0 Å². The highest BCUT2D eigenvalue weighted by Gasteiger charge is 2.28. The van der Waals surface area contributed by atoms with Crippen molar-refractivity contribution in [2.24, 2.45) is 5.41 Å². The van der Waals surface area contributed by atoms with Crippen LogP contribution in [0.25, 0.3) is 0 Å². The Morgan fingerprint density at radius 3 is 2.19 bits per heavy atom. The number of sulfonamides is 1. The summed E-state index contributed by atoms with van der Waals surface area (Å²) >= 11 is 0. The van der Waals surface area contributed by atoms with E-state index in [-0.39, 0.29) is 11.2 Å². The van der Waals surface area contributed by atoms with Crippen LogP contribution < -0.4 is 4.90 Å². The zero-order chi connectivity index (χ0) is 15.5. The maximum Gasteiger partial charge on any atom is 0.225 e. The highest BCUT2D eigenvalue weighted by molar-refractivity contribution is 7.89. The molecule has 2 rings (SSSR count). The molecule has 0 aromatic carbocycles. The van der Waals surface area contributed by atoms with Gasteiger partial charge in [-0.15, -0.1) is 0 Å². The molecular weight excluding hydrogens is 288 g/mol. The van der Waals surface area contributed by atoms with Gasteiger partial charge in [-0.3, -0.25) is 0 Å². The van der Waals surface area contributed by atoms with E-state index in [9.17, 15) is 8.42 Å². The van der Waals surface area contributed by atoms with Crippen LogP contribution >= 0.6 is 0 Å². The van der Waals surface area contributed by atoms with E-state index >= 15 is 0 Å². The van der Waals surface area contributed by atoms with Crippen LogP contribution in [0, 0.1) is 5.41 Å². The second-order valence-corrected chi connectivity index (χ2v) is 8.65. The van der Waals surface area contributed by atoms with Crippen LogP contribution in [0.15, 0.2) is 18.5 Å². The lowest BCUT2D eigenvalue weighted by molar-refractivity contribution is 0.364. The van der Waals surface area contributed by atoms with Gasteiger partial charge in [0.05, 0.1) is 5.75 Å². The van der Waals surface area contributed by atoms with E-state index in [1.807, 2.05) is 4.90 Å². The van der Waals surface area contributed by atoms with Crippen molar-refractivity contribution in [1.82, 2.24) is 14.3 Å². The van der Waals surface area contributed by atoms with Crippen molar-refractivity contribution in [2.45, 2.75) is 27.2 Å². The molecule has 1 aliphatic rings. The van der Waals surface area contributed by atoms with E-state index in [0.717, 1.165) is 0 Å². The molecule has 0 atom stereocenters. The van der Waals surface area contributed by atoms with Crippen LogP contribution in [0.3, 0.4) is 0 Å². The summed E-state index contributed by atoms with van der Waals surface area (Å²) in [5, 5.41) is 0. The van der Waals surface area contributed by atoms with E-state index in [4.69, 9.17) is 0 Å². The fourth-order valence-corrected chi connectivity index (χ4v) is 4.03. The first-order valence-electron chi connectivity index (χ1n) is 7.28. The normalized spacial score (nSPS) is 18.0. The fraction of sp³-hybridized carbons (Fsp3) is 0.714. The van der Waals surface area contributed by atoms with Gasteiger partial charge in [-0.05, 0) is 17.9 Å². The third-order valence-corrected chi connectivity index (χ3v) is 5.45. The van der Waals surface area contributed by atoms with Crippen molar-refractivity contribution < 1.29 is 8.42 Å². The Labute approximate surface area is 127 Å². The molecule has 0 aliphatic carbocycles. The first-order valence-corrected chi connectivity index (χ1v) is 8.89. The molecule has 0 radical (unpaired) electrons. The van der Waals surface area contributed by atoms with E-state index in [1.165, 1.54) is 0 Å². The van der Waals surface area contributed by atoms with E-state index in [2.05, 4.69) is 30.7 Å². The van der Waals surface area contributed by atoms with Crippen LogP contribution in [-0.2, 0) is 10.0 Å². The standard InChI is InChI=1S/C14H24N4O2S/c1-14(2,3)5-12-21(19,20)18-10-8-17(9-11-18)13-15-6-4-7-16-13/h4,6-7H,5,8-12H2,1-3H3. The lowest BCUT2D eigenvalue weighted by atomic mass is 9.94. The minimum absolute atomic E-state index is 0.0345. The van der Waals surface area contributed by atoms with Gasteiger partial charge >= 0.3 is 0 Å². The predicted molar refractivity (Wildman–Crippen MR) is 83.7 cm³/mol. The number of piperazine rings is 1. The Balaban J connectivity index is 1.91. The number of hydrogen-bond acceptors (Lipinski definition) is 5. The fourth-order valence-electron chi connectivity index (χ4n) is 2.19. The SMILES string of the molecule is CC(C)(C)CCS(=O)(=O)N1CCN(c2ncccn2)CC1. The molecule has 1 fully saturated rings. The van der Waals surface area contributed by atoms with Gasteiger partial charge in [-0.25, -0.2) is 18.4 Å². The van der Waals surface area contributed by atoms with Crippen molar-refractivity contribution in [3.05, 3.63) is 18.5 Å². The molecule has 2 heterocycles. The van der Waals surface area contributed by atoms with Gasteiger partial charge in [0.25, 0.3) is 0 Å². The molecule has 0 unspecified atom stereocenters. The lowest BCUT2D eigenvalue weighted by Gasteiger charge is -2.34. The quantitative estimate of drug-likeness (QED) is 0.840.